The zero-order chi connectivity index (χ0) is 10.6. The average molecular weight is 198 g/mol. The third-order valence-electron chi connectivity index (χ3n) is 1.46. The quantitative estimate of drug-likeness (QED) is 0.413. The van der Waals surface area contributed by atoms with E-state index in [2.05, 4.69) is 9.47 Å². The first-order chi connectivity index (χ1) is 6.65. The standard InChI is InChI=1S/C9H10O5/c1-6(10)7-3-4-8(14-7)9(11)13-5-12-2/h3-4H,5H2,1-2H3. The van der Waals surface area contributed by atoms with Gasteiger partial charge in [0.15, 0.2) is 18.3 Å². The largest absolute Gasteiger partial charge is 0.446 e. The molecule has 1 aromatic heterocycles. The number of carbonyl (C=O) groups is 2. The van der Waals surface area contributed by atoms with Crippen molar-refractivity contribution in [2.45, 2.75) is 6.92 Å². The Morgan fingerprint density at radius 1 is 1.36 bits per heavy atom. The first-order valence-corrected chi connectivity index (χ1v) is 3.92. The van der Waals surface area contributed by atoms with Crippen LogP contribution in [0, 0.1) is 0 Å². The Bertz CT molecular complexity index is 339. The van der Waals surface area contributed by atoms with E-state index in [9.17, 15) is 9.59 Å². The molecule has 0 N–H and O–H groups in total. The predicted octanol–water partition coefficient (Wildman–Crippen LogP) is 1.24. The summed E-state index contributed by atoms with van der Waals surface area (Å²) < 4.78 is 14.1. The molecule has 1 heterocycles. The van der Waals surface area contributed by atoms with Gasteiger partial charge in [-0.15, -0.1) is 0 Å². The first kappa shape index (κ1) is 10.5. The highest BCUT2D eigenvalue weighted by Gasteiger charge is 2.14. The normalized spacial score (nSPS) is 9.86. The van der Waals surface area contributed by atoms with Crippen LogP contribution >= 0.6 is 0 Å². The van der Waals surface area contributed by atoms with Crippen LogP contribution in [0.2, 0.25) is 0 Å². The fourth-order valence-corrected chi connectivity index (χ4v) is 0.820. The number of hydrogen-bond acceptors (Lipinski definition) is 5. The molecule has 0 saturated heterocycles. The van der Waals surface area contributed by atoms with Crippen molar-refractivity contribution >= 4 is 11.8 Å². The average Bonchev–Trinajstić information content (AvgIpc) is 2.62. The van der Waals surface area contributed by atoms with Gasteiger partial charge in [-0.2, -0.15) is 0 Å². The van der Waals surface area contributed by atoms with E-state index in [1.165, 1.54) is 26.2 Å². The molecule has 14 heavy (non-hydrogen) atoms. The number of methoxy groups -OCH3 is 1. The number of ether oxygens (including phenoxy) is 2. The Labute approximate surface area is 80.6 Å². The number of esters is 1. The summed E-state index contributed by atoms with van der Waals surface area (Å²) in [6, 6.07) is 2.81. The van der Waals surface area contributed by atoms with E-state index < -0.39 is 5.97 Å². The van der Waals surface area contributed by atoms with Gasteiger partial charge in [0.2, 0.25) is 5.76 Å². The van der Waals surface area contributed by atoms with E-state index >= 15 is 0 Å². The summed E-state index contributed by atoms with van der Waals surface area (Å²) in [6.07, 6.45) is 0. The monoisotopic (exact) mass is 198 g/mol. The van der Waals surface area contributed by atoms with E-state index in [1.54, 1.807) is 0 Å². The summed E-state index contributed by atoms with van der Waals surface area (Å²) in [6.45, 7) is 1.21. The van der Waals surface area contributed by atoms with Crippen LogP contribution in [-0.4, -0.2) is 25.7 Å². The van der Waals surface area contributed by atoms with Crippen molar-refractivity contribution in [3.05, 3.63) is 23.7 Å². The lowest BCUT2D eigenvalue weighted by Crippen LogP contribution is -2.06. The van der Waals surface area contributed by atoms with Gasteiger partial charge in [-0.3, -0.25) is 4.79 Å². The van der Waals surface area contributed by atoms with Crippen LogP contribution in [-0.2, 0) is 9.47 Å². The SMILES string of the molecule is COCOC(=O)c1ccc(C(C)=O)o1. The molecular formula is C9H10O5. The smallest absolute Gasteiger partial charge is 0.376 e. The molecule has 0 bridgehead atoms. The summed E-state index contributed by atoms with van der Waals surface area (Å²) in [5, 5.41) is 0. The second-order valence-electron chi connectivity index (χ2n) is 2.56. The Morgan fingerprint density at radius 2 is 2.00 bits per heavy atom. The Balaban J connectivity index is 2.66. The van der Waals surface area contributed by atoms with Crippen molar-refractivity contribution in [1.82, 2.24) is 0 Å². The summed E-state index contributed by atoms with van der Waals surface area (Å²) >= 11 is 0. The van der Waals surface area contributed by atoms with Crippen molar-refractivity contribution in [3.63, 3.8) is 0 Å². The summed E-state index contributed by atoms with van der Waals surface area (Å²) in [5.74, 6) is -0.767. The predicted molar refractivity (Wildman–Crippen MR) is 46.0 cm³/mol. The molecular weight excluding hydrogens is 188 g/mol. The van der Waals surface area contributed by atoms with Gasteiger partial charge in [0.1, 0.15) is 0 Å². The Morgan fingerprint density at radius 3 is 2.50 bits per heavy atom. The van der Waals surface area contributed by atoms with E-state index in [-0.39, 0.29) is 24.1 Å². The van der Waals surface area contributed by atoms with E-state index in [4.69, 9.17) is 4.42 Å². The van der Waals surface area contributed by atoms with Crippen LogP contribution < -0.4 is 0 Å². The molecule has 0 aliphatic carbocycles. The number of rotatable bonds is 4. The van der Waals surface area contributed by atoms with Gasteiger partial charge in [0.25, 0.3) is 0 Å². The summed E-state index contributed by atoms with van der Waals surface area (Å²) in [7, 11) is 1.40. The number of hydrogen-bond donors (Lipinski definition) is 0. The Hall–Kier alpha value is -1.62. The molecule has 1 aromatic rings. The van der Waals surface area contributed by atoms with Crippen molar-refractivity contribution < 1.29 is 23.5 Å². The zero-order valence-electron chi connectivity index (χ0n) is 7.90. The van der Waals surface area contributed by atoms with Crippen molar-refractivity contribution in [3.8, 4) is 0 Å². The topological polar surface area (TPSA) is 65.7 Å². The van der Waals surface area contributed by atoms with Crippen molar-refractivity contribution in [2.75, 3.05) is 13.9 Å². The molecule has 0 unspecified atom stereocenters. The van der Waals surface area contributed by atoms with E-state index in [0.29, 0.717) is 0 Å². The third kappa shape index (κ3) is 2.43. The van der Waals surface area contributed by atoms with Gasteiger partial charge in [-0.05, 0) is 12.1 Å². The van der Waals surface area contributed by atoms with Gasteiger partial charge in [-0.25, -0.2) is 4.79 Å². The molecule has 0 amide bonds. The molecule has 1 rings (SSSR count). The van der Waals surface area contributed by atoms with Gasteiger partial charge in [-0.1, -0.05) is 0 Å². The molecule has 0 saturated carbocycles. The van der Waals surface area contributed by atoms with Crippen LogP contribution in [0.4, 0.5) is 0 Å². The van der Waals surface area contributed by atoms with E-state index in [1.807, 2.05) is 0 Å². The molecule has 0 spiro atoms. The summed E-state index contributed by atoms with van der Waals surface area (Å²) in [4.78, 5) is 22.0. The first-order valence-electron chi connectivity index (χ1n) is 3.92. The minimum Gasteiger partial charge on any atom is -0.446 e. The minimum atomic E-state index is -0.653. The van der Waals surface area contributed by atoms with Crippen LogP contribution in [0.15, 0.2) is 16.5 Å². The fourth-order valence-electron chi connectivity index (χ4n) is 0.820. The molecule has 5 nitrogen and oxygen atoms in total. The van der Waals surface area contributed by atoms with Crippen LogP contribution in [0.25, 0.3) is 0 Å². The van der Waals surface area contributed by atoms with Crippen LogP contribution in [0.1, 0.15) is 28.0 Å². The molecule has 0 aliphatic heterocycles. The number of ketones is 1. The highest BCUT2D eigenvalue weighted by Crippen LogP contribution is 2.09. The van der Waals surface area contributed by atoms with Crippen molar-refractivity contribution in [2.24, 2.45) is 0 Å². The number of carbonyl (C=O) groups excluding carboxylic acids is 2. The number of furan rings is 1. The number of Topliss-reactive ketones (excluding diaryl/α,β-unsaturated/α-hetero) is 1. The van der Waals surface area contributed by atoms with Gasteiger partial charge in [0.05, 0.1) is 0 Å². The maximum absolute atomic E-state index is 11.1. The van der Waals surface area contributed by atoms with Crippen LogP contribution in [0.3, 0.4) is 0 Å². The zero-order valence-corrected chi connectivity index (χ0v) is 7.90. The second kappa shape index (κ2) is 4.57. The van der Waals surface area contributed by atoms with Crippen molar-refractivity contribution in [1.29, 1.82) is 0 Å². The van der Waals surface area contributed by atoms with Gasteiger partial charge in [0, 0.05) is 14.0 Å². The lowest BCUT2D eigenvalue weighted by molar-refractivity contribution is -0.0150. The molecule has 0 fully saturated rings. The molecule has 0 radical (unpaired) electrons. The molecule has 0 aliphatic rings. The van der Waals surface area contributed by atoms with E-state index in [0.717, 1.165) is 0 Å². The summed E-state index contributed by atoms with van der Waals surface area (Å²) in [5.41, 5.74) is 0. The maximum Gasteiger partial charge on any atom is 0.376 e. The minimum absolute atomic E-state index is 0.00718. The second-order valence-corrected chi connectivity index (χ2v) is 2.56. The highest BCUT2D eigenvalue weighted by atomic mass is 16.7. The van der Waals surface area contributed by atoms with Crippen LogP contribution in [0.5, 0.6) is 0 Å². The Kier molecular flexibility index (Phi) is 3.41. The fraction of sp³-hybridized carbons (Fsp3) is 0.333. The molecule has 5 heteroatoms. The maximum atomic E-state index is 11.1. The lowest BCUT2D eigenvalue weighted by Gasteiger charge is -1.99. The lowest BCUT2D eigenvalue weighted by atomic mass is 10.3. The highest BCUT2D eigenvalue weighted by molar-refractivity contribution is 5.93. The molecule has 0 aromatic carbocycles. The third-order valence-corrected chi connectivity index (χ3v) is 1.46. The van der Waals surface area contributed by atoms with Gasteiger partial charge < -0.3 is 13.9 Å². The molecule has 76 valence electrons. The van der Waals surface area contributed by atoms with Gasteiger partial charge >= 0.3 is 5.97 Å². The molecule has 0 atom stereocenters.